The van der Waals surface area contributed by atoms with Crippen LogP contribution in [0.1, 0.15) is 37.0 Å². The molecule has 30 heavy (non-hydrogen) atoms. The third-order valence-corrected chi connectivity index (χ3v) is 5.29. The van der Waals surface area contributed by atoms with E-state index in [1.807, 2.05) is 0 Å². The van der Waals surface area contributed by atoms with Crippen molar-refractivity contribution in [2.45, 2.75) is 45.2 Å². The number of alkyl halides is 2. The fraction of sp³-hybridized carbons (Fsp3) is 0.579. The van der Waals surface area contributed by atoms with Gasteiger partial charge < -0.3 is 10.6 Å². The predicted molar refractivity (Wildman–Crippen MR) is 108 cm³/mol. The standard InChI is InChI=1S/C19H25ClF2N4O4/c1-11(2)17(19(28)23-12-5-7-25(8-6-12)10-16(21)22)24-18(27)14-4-3-13(26(29)30)9-15(14)20/h3-4,9,11-12,16-17H,5-8,10H2,1-2H3,(H,23,28)(H,24,27). The van der Waals surface area contributed by atoms with Crippen molar-refractivity contribution in [3.8, 4) is 0 Å². The molecule has 1 saturated heterocycles. The number of nitrogens with one attached hydrogen (secondary N) is 2. The second-order valence-electron chi connectivity index (χ2n) is 7.59. The van der Waals surface area contributed by atoms with Crippen molar-refractivity contribution in [3.63, 3.8) is 0 Å². The van der Waals surface area contributed by atoms with Crippen LogP contribution in [0.15, 0.2) is 18.2 Å². The Balaban J connectivity index is 1.98. The SMILES string of the molecule is CC(C)C(NC(=O)c1ccc([N+](=O)[O-])cc1Cl)C(=O)NC1CCN(CC(F)F)CC1. The van der Waals surface area contributed by atoms with Gasteiger partial charge in [-0.3, -0.25) is 24.6 Å². The molecule has 1 atom stereocenters. The third-order valence-electron chi connectivity index (χ3n) is 4.97. The van der Waals surface area contributed by atoms with Crippen LogP contribution in [0.3, 0.4) is 0 Å². The van der Waals surface area contributed by atoms with Gasteiger partial charge in [-0.1, -0.05) is 25.4 Å². The highest BCUT2D eigenvalue weighted by atomic mass is 35.5. The van der Waals surface area contributed by atoms with Gasteiger partial charge in [0.1, 0.15) is 6.04 Å². The monoisotopic (exact) mass is 446 g/mol. The number of hydrogen-bond acceptors (Lipinski definition) is 5. The second kappa shape index (κ2) is 10.6. The molecule has 2 amide bonds. The summed E-state index contributed by atoms with van der Waals surface area (Å²) in [5, 5.41) is 16.2. The molecule has 166 valence electrons. The fourth-order valence-electron chi connectivity index (χ4n) is 3.30. The van der Waals surface area contributed by atoms with Crippen LogP contribution in [0.4, 0.5) is 14.5 Å². The molecule has 0 aliphatic carbocycles. The van der Waals surface area contributed by atoms with E-state index < -0.39 is 23.3 Å². The number of rotatable bonds is 8. The zero-order valence-corrected chi connectivity index (χ0v) is 17.5. The maximum absolute atomic E-state index is 12.7. The number of carbonyl (C=O) groups is 2. The summed E-state index contributed by atoms with van der Waals surface area (Å²) in [6, 6.07) is 2.48. The molecule has 2 N–H and O–H groups in total. The molecule has 1 fully saturated rings. The van der Waals surface area contributed by atoms with Crippen molar-refractivity contribution in [2.24, 2.45) is 5.92 Å². The van der Waals surface area contributed by atoms with Gasteiger partial charge in [-0.15, -0.1) is 0 Å². The lowest BCUT2D eigenvalue weighted by Crippen LogP contribution is -2.54. The topological polar surface area (TPSA) is 105 Å². The van der Waals surface area contributed by atoms with Gasteiger partial charge in [-0.25, -0.2) is 8.78 Å². The number of benzene rings is 1. The molecule has 2 rings (SSSR count). The number of carbonyl (C=O) groups excluding carboxylic acids is 2. The summed E-state index contributed by atoms with van der Waals surface area (Å²) in [4.78, 5) is 37.2. The van der Waals surface area contributed by atoms with Crippen molar-refractivity contribution in [3.05, 3.63) is 38.9 Å². The van der Waals surface area contributed by atoms with E-state index in [0.717, 1.165) is 6.07 Å². The second-order valence-corrected chi connectivity index (χ2v) is 8.00. The van der Waals surface area contributed by atoms with Gasteiger partial charge in [0.2, 0.25) is 5.91 Å². The summed E-state index contributed by atoms with van der Waals surface area (Å²) >= 11 is 5.99. The lowest BCUT2D eigenvalue weighted by atomic mass is 10.00. The molecular weight excluding hydrogens is 422 g/mol. The number of piperidine rings is 1. The predicted octanol–water partition coefficient (Wildman–Crippen LogP) is 2.85. The summed E-state index contributed by atoms with van der Waals surface area (Å²) in [7, 11) is 0. The van der Waals surface area contributed by atoms with Crippen LogP contribution in [0.2, 0.25) is 5.02 Å². The Morgan fingerprint density at radius 1 is 1.30 bits per heavy atom. The van der Waals surface area contributed by atoms with Gasteiger partial charge >= 0.3 is 0 Å². The van der Waals surface area contributed by atoms with Crippen LogP contribution < -0.4 is 10.6 Å². The zero-order valence-electron chi connectivity index (χ0n) is 16.7. The minimum atomic E-state index is -2.39. The lowest BCUT2D eigenvalue weighted by Gasteiger charge is -2.33. The van der Waals surface area contributed by atoms with E-state index in [-0.39, 0.29) is 40.7 Å². The maximum Gasteiger partial charge on any atom is 0.270 e. The minimum Gasteiger partial charge on any atom is -0.351 e. The van der Waals surface area contributed by atoms with E-state index in [0.29, 0.717) is 25.9 Å². The molecule has 0 aromatic heterocycles. The van der Waals surface area contributed by atoms with E-state index in [9.17, 15) is 28.5 Å². The quantitative estimate of drug-likeness (QED) is 0.472. The Morgan fingerprint density at radius 2 is 1.93 bits per heavy atom. The number of hydrogen-bond donors (Lipinski definition) is 2. The highest BCUT2D eigenvalue weighted by Crippen LogP contribution is 2.23. The largest absolute Gasteiger partial charge is 0.351 e. The van der Waals surface area contributed by atoms with Gasteiger partial charge in [0.05, 0.1) is 22.1 Å². The zero-order chi connectivity index (χ0) is 22.4. The first kappa shape index (κ1) is 23.9. The molecule has 1 aliphatic rings. The van der Waals surface area contributed by atoms with Crippen LogP contribution in [0.25, 0.3) is 0 Å². The van der Waals surface area contributed by atoms with Crippen LogP contribution >= 0.6 is 11.6 Å². The van der Waals surface area contributed by atoms with Crippen LogP contribution in [0.5, 0.6) is 0 Å². The van der Waals surface area contributed by atoms with Gasteiger partial charge in [-0.2, -0.15) is 0 Å². The number of nitrogens with zero attached hydrogens (tertiary/aromatic N) is 2. The first-order valence-electron chi connectivity index (χ1n) is 9.64. The molecule has 1 aliphatic heterocycles. The highest BCUT2D eigenvalue weighted by Gasteiger charge is 2.29. The number of nitro benzene ring substituents is 1. The Morgan fingerprint density at radius 3 is 2.43 bits per heavy atom. The van der Waals surface area contributed by atoms with Crippen LogP contribution in [0, 0.1) is 16.0 Å². The first-order chi connectivity index (χ1) is 14.1. The number of halogens is 3. The van der Waals surface area contributed by atoms with Gasteiger partial charge in [0.15, 0.2) is 0 Å². The minimum absolute atomic E-state index is 0.0287. The smallest absolute Gasteiger partial charge is 0.270 e. The normalized spacial score (nSPS) is 16.5. The van der Waals surface area contributed by atoms with Crippen molar-refractivity contribution in [1.29, 1.82) is 0 Å². The molecule has 0 bridgehead atoms. The molecule has 1 aromatic carbocycles. The number of amides is 2. The molecule has 1 aromatic rings. The van der Waals surface area contributed by atoms with E-state index >= 15 is 0 Å². The van der Waals surface area contributed by atoms with Gasteiger partial charge in [-0.05, 0) is 24.8 Å². The number of non-ortho nitro benzene ring substituents is 1. The van der Waals surface area contributed by atoms with E-state index in [4.69, 9.17) is 11.6 Å². The van der Waals surface area contributed by atoms with E-state index in [1.54, 1.807) is 18.7 Å². The van der Waals surface area contributed by atoms with E-state index in [2.05, 4.69) is 10.6 Å². The van der Waals surface area contributed by atoms with Crippen LogP contribution in [-0.2, 0) is 4.79 Å². The summed E-state index contributed by atoms with van der Waals surface area (Å²) in [6.45, 7) is 4.19. The molecule has 0 saturated carbocycles. The third kappa shape index (κ3) is 6.60. The molecule has 11 heteroatoms. The van der Waals surface area contributed by atoms with Crippen molar-refractivity contribution in [1.82, 2.24) is 15.5 Å². The molecule has 1 heterocycles. The van der Waals surface area contributed by atoms with Crippen molar-refractivity contribution < 1.29 is 23.3 Å². The van der Waals surface area contributed by atoms with Gasteiger partial charge in [0.25, 0.3) is 18.0 Å². The Hall–Kier alpha value is -2.33. The Kier molecular flexibility index (Phi) is 8.48. The number of nitro groups is 1. The molecule has 0 spiro atoms. The molecule has 8 nitrogen and oxygen atoms in total. The Labute approximate surface area is 178 Å². The summed E-state index contributed by atoms with van der Waals surface area (Å²) in [5.41, 5.74) is -0.214. The molecule has 0 radical (unpaired) electrons. The molecular formula is C19H25ClF2N4O4. The first-order valence-corrected chi connectivity index (χ1v) is 10.0. The van der Waals surface area contributed by atoms with Crippen molar-refractivity contribution in [2.75, 3.05) is 19.6 Å². The summed E-state index contributed by atoms with van der Waals surface area (Å²) < 4.78 is 25.0. The Bertz CT molecular complexity index is 786. The highest BCUT2D eigenvalue weighted by molar-refractivity contribution is 6.34. The number of likely N-dealkylation sites (tertiary alicyclic amines) is 1. The average Bonchev–Trinajstić information content (AvgIpc) is 2.66. The summed E-state index contributed by atoms with van der Waals surface area (Å²) in [5.74, 6) is -1.22. The van der Waals surface area contributed by atoms with Crippen LogP contribution in [-0.4, -0.2) is 59.8 Å². The van der Waals surface area contributed by atoms with Crippen molar-refractivity contribution >= 4 is 29.1 Å². The maximum atomic E-state index is 12.7. The van der Waals surface area contributed by atoms with Gasteiger partial charge in [0, 0.05) is 31.3 Å². The fourth-order valence-corrected chi connectivity index (χ4v) is 3.56. The summed E-state index contributed by atoms with van der Waals surface area (Å²) in [6.07, 6.45) is -1.29. The van der Waals surface area contributed by atoms with E-state index in [1.165, 1.54) is 12.1 Å². The average molecular weight is 447 g/mol. The lowest BCUT2D eigenvalue weighted by molar-refractivity contribution is -0.384. The molecule has 1 unspecified atom stereocenters.